The molecule has 0 bridgehead atoms. The smallest absolute Gasteiger partial charge is 0.332 e. The third kappa shape index (κ3) is 4.62. The van der Waals surface area contributed by atoms with E-state index in [1.54, 1.807) is 24.7 Å². The number of carbonyl (C=O) groups excluding carboxylic acids is 1. The van der Waals surface area contributed by atoms with Gasteiger partial charge in [0.1, 0.15) is 16.2 Å². The van der Waals surface area contributed by atoms with Crippen molar-refractivity contribution in [2.45, 2.75) is 50.4 Å². The Morgan fingerprint density at radius 3 is 2.53 bits per heavy atom. The molecule has 2 aromatic heterocycles. The summed E-state index contributed by atoms with van der Waals surface area (Å²) in [5.74, 6) is 1.08. The van der Waals surface area contributed by atoms with Crippen molar-refractivity contribution in [2.24, 2.45) is 7.05 Å². The molecule has 0 spiro atoms. The number of benzene rings is 1. The number of carbonyl (C=O) groups is 1. The molecule has 0 aliphatic rings. The predicted molar refractivity (Wildman–Crippen MR) is 127 cm³/mol. The molecule has 3 rings (SSSR count). The van der Waals surface area contributed by atoms with Crippen molar-refractivity contribution in [3.05, 3.63) is 62.1 Å². The molecular weight excluding hydrogens is 426 g/mol. The van der Waals surface area contributed by atoms with E-state index in [4.69, 9.17) is 0 Å². The van der Waals surface area contributed by atoms with Gasteiger partial charge in [-0.3, -0.25) is 18.7 Å². The third-order valence-corrected chi connectivity index (χ3v) is 6.13. The number of amides is 1. The fraction of sp³-hybridized carbons (Fsp3) is 0.435. The molecule has 0 N–H and O–H groups in total. The molecule has 32 heavy (non-hydrogen) atoms. The average Bonchev–Trinajstić information content (AvgIpc) is 2.77. The zero-order chi connectivity index (χ0) is 23.6. The summed E-state index contributed by atoms with van der Waals surface area (Å²) in [6.45, 7) is 6.41. The van der Waals surface area contributed by atoms with Crippen LogP contribution in [0.2, 0.25) is 0 Å². The first-order valence-corrected chi connectivity index (χ1v) is 11.6. The molecule has 2 heterocycles. The molecule has 0 aliphatic heterocycles. The number of aryl methyl sites for hydroxylation is 1. The second kappa shape index (κ2) is 9.68. The minimum absolute atomic E-state index is 0.0361. The molecule has 9 heteroatoms. The van der Waals surface area contributed by atoms with E-state index in [2.05, 4.69) is 9.97 Å². The van der Waals surface area contributed by atoms with Gasteiger partial charge in [0.05, 0.1) is 0 Å². The van der Waals surface area contributed by atoms with E-state index in [1.165, 1.54) is 23.7 Å². The molecule has 0 saturated heterocycles. The van der Waals surface area contributed by atoms with Gasteiger partial charge >= 0.3 is 5.69 Å². The number of fused-ring (bicyclic) bond motifs is 1. The van der Waals surface area contributed by atoms with Crippen molar-refractivity contribution in [3.63, 3.8) is 0 Å². The number of aromatic nitrogens is 4. The molecule has 0 saturated carbocycles. The molecule has 0 radical (unpaired) electrons. The molecule has 1 amide bonds. The molecule has 0 unspecified atom stereocenters. The van der Waals surface area contributed by atoms with Gasteiger partial charge in [-0.15, -0.1) is 11.8 Å². The number of rotatable bonds is 7. The Kier molecular flexibility index (Phi) is 7.18. The molecular formula is C23H29N5O3S. The van der Waals surface area contributed by atoms with Crippen molar-refractivity contribution < 1.29 is 4.79 Å². The summed E-state index contributed by atoms with van der Waals surface area (Å²) >= 11 is 1.41. The minimum atomic E-state index is -0.397. The first-order valence-electron chi connectivity index (χ1n) is 10.6. The van der Waals surface area contributed by atoms with Gasteiger partial charge in [-0.2, -0.15) is 0 Å². The standard InChI is InChI=1S/C23H29N5O3S/c1-7-11-28-19-17(22(30)27(6)23(28)31)20(25-18(24-19)14(2)3)32-13-15-9-8-10-16(12-15)21(29)26(4)5/h8-10,12,14H,7,11,13H2,1-6H3. The van der Waals surface area contributed by atoms with Gasteiger partial charge in [-0.05, 0) is 24.1 Å². The number of nitrogens with zero attached hydrogens (tertiary/aromatic N) is 5. The zero-order valence-electron chi connectivity index (χ0n) is 19.4. The van der Waals surface area contributed by atoms with Gasteiger partial charge < -0.3 is 4.90 Å². The van der Waals surface area contributed by atoms with Crippen molar-refractivity contribution in [1.29, 1.82) is 0 Å². The molecule has 170 valence electrons. The first-order chi connectivity index (χ1) is 15.1. The van der Waals surface area contributed by atoms with Gasteiger partial charge in [-0.1, -0.05) is 32.9 Å². The van der Waals surface area contributed by atoms with E-state index in [9.17, 15) is 14.4 Å². The van der Waals surface area contributed by atoms with Crippen LogP contribution in [0.5, 0.6) is 0 Å². The second-order valence-corrected chi connectivity index (χ2v) is 9.19. The van der Waals surface area contributed by atoms with Crippen LogP contribution in [0, 0.1) is 0 Å². The number of hydrogen-bond acceptors (Lipinski definition) is 6. The fourth-order valence-corrected chi connectivity index (χ4v) is 4.31. The summed E-state index contributed by atoms with van der Waals surface area (Å²) in [6.07, 6.45) is 0.739. The van der Waals surface area contributed by atoms with E-state index in [0.717, 1.165) is 16.6 Å². The average molecular weight is 456 g/mol. The summed E-state index contributed by atoms with van der Waals surface area (Å²) in [4.78, 5) is 48.9. The molecule has 0 aliphatic carbocycles. The van der Waals surface area contributed by atoms with Gasteiger partial charge in [0.2, 0.25) is 0 Å². The summed E-state index contributed by atoms with van der Waals surface area (Å²) in [7, 11) is 4.92. The third-order valence-electron chi connectivity index (χ3n) is 5.09. The van der Waals surface area contributed by atoms with Crippen LogP contribution in [0.3, 0.4) is 0 Å². The Balaban J connectivity index is 2.12. The number of hydrogen-bond donors (Lipinski definition) is 0. The predicted octanol–water partition coefficient (Wildman–Crippen LogP) is 3.02. The summed E-state index contributed by atoms with van der Waals surface area (Å²) in [5.41, 5.74) is 1.17. The molecule has 8 nitrogen and oxygen atoms in total. The Hall–Kier alpha value is -2.94. The normalized spacial score (nSPS) is 11.3. The van der Waals surface area contributed by atoms with Crippen molar-refractivity contribution in [2.75, 3.05) is 14.1 Å². The lowest BCUT2D eigenvalue weighted by molar-refractivity contribution is 0.0827. The van der Waals surface area contributed by atoms with Gasteiger partial charge in [0, 0.05) is 44.9 Å². The minimum Gasteiger partial charge on any atom is -0.345 e. The van der Waals surface area contributed by atoms with Crippen LogP contribution >= 0.6 is 11.8 Å². The Bertz CT molecular complexity index is 1280. The summed E-state index contributed by atoms with van der Waals surface area (Å²) in [6, 6.07) is 7.43. The van der Waals surface area contributed by atoms with Gasteiger partial charge in [-0.25, -0.2) is 14.8 Å². The van der Waals surface area contributed by atoms with Crippen LogP contribution in [0.1, 0.15) is 54.9 Å². The quantitative estimate of drug-likeness (QED) is 0.402. The van der Waals surface area contributed by atoms with E-state index in [1.807, 2.05) is 39.0 Å². The molecule has 1 aromatic carbocycles. The Morgan fingerprint density at radius 2 is 1.91 bits per heavy atom. The largest absolute Gasteiger partial charge is 0.345 e. The number of thioether (sulfide) groups is 1. The van der Waals surface area contributed by atoms with E-state index in [0.29, 0.717) is 39.7 Å². The summed E-state index contributed by atoms with van der Waals surface area (Å²) in [5, 5.41) is 0.906. The first kappa shape index (κ1) is 23.7. The molecule has 3 aromatic rings. The topological polar surface area (TPSA) is 90.1 Å². The van der Waals surface area contributed by atoms with Crippen LogP contribution in [0.4, 0.5) is 0 Å². The highest BCUT2D eigenvalue weighted by Crippen LogP contribution is 2.28. The monoisotopic (exact) mass is 455 g/mol. The van der Waals surface area contributed by atoms with Crippen molar-refractivity contribution in [1.82, 2.24) is 24.0 Å². The van der Waals surface area contributed by atoms with E-state index >= 15 is 0 Å². The van der Waals surface area contributed by atoms with Gasteiger partial charge in [0.25, 0.3) is 11.5 Å². The van der Waals surface area contributed by atoms with Crippen LogP contribution < -0.4 is 11.2 Å². The highest BCUT2D eigenvalue weighted by Gasteiger charge is 2.20. The SMILES string of the molecule is CCCn1c(=O)n(C)c(=O)c2c(SCc3cccc(C(=O)N(C)C)c3)nc(C(C)C)nc21. The van der Waals surface area contributed by atoms with E-state index < -0.39 is 5.56 Å². The maximum atomic E-state index is 13.0. The lowest BCUT2D eigenvalue weighted by atomic mass is 10.1. The second-order valence-electron chi connectivity index (χ2n) is 8.23. The van der Waals surface area contributed by atoms with Crippen LogP contribution in [-0.4, -0.2) is 44.0 Å². The van der Waals surface area contributed by atoms with Crippen molar-refractivity contribution in [3.8, 4) is 0 Å². The molecule has 0 fully saturated rings. The van der Waals surface area contributed by atoms with Gasteiger partial charge in [0.15, 0.2) is 5.65 Å². The lowest BCUT2D eigenvalue weighted by Crippen LogP contribution is -2.39. The summed E-state index contributed by atoms with van der Waals surface area (Å²) < 4.78 is 2.68. The highest BCUT2D eigenvalue weighted by molar-refractivity contribution is 7.98. The maximum absolute atomic E-state index is 13.0. The maximum Gasteiger partial charge on any atom is 0.332 e. The molecule has 0 atom stereocenters. The Morgan fingerprint density at radius 1 is 1.19 bits per heavy atom. The Labute approximate surface area is 191 Å². The zero-order valence-corrected chi connectivity index (χ0v) is 20.2. The van der Waals surface area contributed by atoms with E-state index in [-0.39, 0.29) is 17.5 Å². The fourth-order valence-electron chi connectivity index (χ4n) is 3.35. The van der Waals surface area contributed by atoms with Crippen LogP contribution in [-0.2, 0) is 19.3 Å². The van der Waals surface area contributed by atoms with Crippen LogP contribution in [0.15, 0.2) is 38.9 Å². The lowest BCUT2D eigenvalue weighted by Gasteiger charge is -2.15. The highest BCUT2D eigenvalue weighted by atomic mass is 32.2. The van der Waals surface area contributed by atoms with Crippen LogP contribution in [0.25, 0.3) is 11.0 Å². The van der Waals surface area contributed by atoms with Crippen molar-refractivity contribution >= 4 is 28.7 Å².